The summed E-state index contributed by atoms with van der Waals surface area (Å²) in [7, 11) is -21.9. The maximum Gasteiger partial charge on any atom is 0.262 e. The molecule has 6 aromatic carbocycles. The van der Waals surface area contributed by atoms with E-state index in [0.717, 1.165) is 0 Å². The zero-order valence-electron chi connectivity index (χ0n) is 24.1. The van der Waals surface area contributed by atoms with Crippen LogP contribution < -0.4 is 27.4 Å². The molecule has 50 heavy (non-hydrogen) atoms. The first-order valence-corrected chi connectivity index (χ1v) is 18.8. The van der Waals surface area contributed by atoms with Gasteiger partial charge in [-0.15, -0.1) is 0 Å². The van der Waals surface area contributed by atoms with E-state index in [4.69, 9.17) is 16.7 Å². The van der Waals surface area contributed by atoms with Crippen LogP contribution in [0.4, 0.5) is 22.7 Å². The summed E-state index contributed by atoms with van der Waals surface area (Å²) in [5.41, 5.74) is -0.185. The van der Waals surface area contributed by atoms with Gasteiger partial charge in [0.25, 0.3) is 41.6 Å². The SMILES string of the molecule is O=S(=O)([O-])Oc1c2ccccc2c(OS(=O)(=O)[O-])c2c3c(ccc12)Nc1c(ccc2c(OS(=O)(=O)[O-])c4ccccc4c(OS(=O)(=O)[O-])c12)N3. The van der Waals surface area contributed by atoms with Crippen LogP contribution in [0, 0.1) is 0 Å². The molecule has 2 N–H and O–H groups in total. The summed E-state index contributed by atoms with van der Waals surface area (Å²) in [6.07, 6.45) is 0. The van der Waals surface area contributed by atoms with Crippen molar-refractivity contribution in [3.8, 4) is 23.0 Å². The van der Waals surface area contributed by atoms with Gasteiger partial charge in [0.15, 0.2) is 23.0 Å². The number of anilines is 4. The number of hydrogen-bond donors (Lipinski definition) is 2. The molecule has 6 aromatic rings. The van der Waals surface area contributed by atoms with Crippen LogP contribution in [0.1, 0.15) is 0 Å². The van der Waals surface area contributed by atoms with E-state index in [9.17, 15) is 51.9 Å². The van der Waals surface area contributed by atoms with Crippen LogP contribution in [0.15, 0.2) is 72.8 Å². The summed E-state index contributed by atoms with van der Waals surface area (Å²) < 4.78 is 162. The van der Waals surface area contributed by atoms with E-state index >= 15 is 0 Å². The highest BCUT2D eigenvalue weighted by Gasteiger charge is 2.29. The van der Waals surface area contributed by atoms with Crippen LogP contribution in [0.3, 0.4) is 0 Å². The Hall–Kier alpha value is -5.20. The molecular weight excluding hydrogens is 749 g/mol. The number of fused-ring (bicyclic) bond motifs is 8. The molecule has 1 aliphatic rings. The monoisotopic (exact) mass is 762 g/mol. The normalized spacial score (nSPS) is 13.4. The summed E-state index contributed by atoms with van der Waals surface area (Å²) in [5.74, 6) is -2.28. The van der Waals surface area contributed by atoms with E-state index in [1.54, 1.807) is 0 Å². The van der Waals surface area contributed by atoms with Crippen molar-refractivity contribution in [2.75, 3.05) is 10.6 Å². The molecule has 0 atom stereocenters. The highest BCUT2D eigenvalue weighted by molar-refractivity contribution is 7.82. The van der Waals surface area contributed by atoms with Crippen LogP contribution in [-0.2, 0) is 41.6 Å². The Morgan fingerprint density at radius 2 is 0.660 bits per heavy atom. The van der Waals surface area contributed by atoms with Gasteiger partial charge in [0.05, 0.1) is 33.5 Å². The Balaban J connectivity index is 1.58. The minimum absolute atomic E-state index is 0.000127. The second-order valence-electron chi connectivity index (χ2n) is 10.4. The molecule has 0 aliphatic carbocycles. The van der Waals surface area contributed by atoms with Crippen molar-refractivity contribution in [1.82, 2.24) is 0 Å². The molecule has 0 aromatic heterocycles. The molecule has 7 rings (SSSR count). The Morgan fingerprint density at radius 1 is 0.380 bits per heavy atom. The molecule has 0 bridgehead atoms. The largest absolute Gasteiger partial charge is 0.716 e. The van der Waals surface area contributed by atoms with Gasteiger partial charge in [-0.05, 0) is 24.3 Å². The van der Waals surface area contributed by atoms with Gasteiger partial charge in [-0.3, -0.25) is 0 Å². The Kier molecular flexibility index (Phi) is 7.43. The number of benzene rings is 6. The maximum absolute atomic E-state index is 11.9. The van der Waals surface area contributed by atoms with Crippen molar-refractivity contribution >= 4 is 107 Å². The van der Waals surface area contributed by atoms with Crippen LogP contribution >= 0.6 is 0 Å². The molecule has 1 aliphatic heterocycles. The number of nitrogens with one attached hydrogen (secondary N) is 2. The third-order valence-corrected chi connectivity index (χ3v) is 8.93. The molecule has 0 radical (unpaired) electrons. The van der Waals surface area contributed by atoms with Crippen molar-refractivity contribution < 1.29 is 68.6 Å². The van der Waals surface area contributed by atoms with Crippen molar-refractivity contribution in [3.63, 3.8) is 0 Å². The quantitative estimate of drug-likeness (QED) is 0.127. The van der Waals surface area contributed by atoms with E-state index in [1.165, 1.54) is 72.8 Å². The second-order valence-corrected chi connectivity index (χ2v) is 14.4. The molecule has 260 valence electrons. The van der Waals surface area contributed by atoms with Gasteiger partial charge in [0.2, 0.25) is 0 Å². The van der Waals surface area contributed by atoms with Gasteiger partial charge >= 0.3 is 0 Å². The third kappa shape index (κ3) is 6.09. The van der Waals surface area contributed by atoms with Crippen LogP contribution in [0.2, 0.25) is 0 Å². The van der Waals surface area contributed by atoms with Gasteiger partial charge in [-0.2, -0.15) is 0 Å². The zero-order chi connectivity index (χ0) is 36.0. The third-order valence-electron chi connectivity index (χ3n) is 7.45. The van der Waals surface area contributed by atoms with Crippen LogP contribution in [0.25, 0.3) is 43.1 Å². The molecule has 0 unspecified atom stereocenters. The van der Waals surface area contributed by atoms with Crippen LogP contribution in [-0.4, -0.2) is 51.9 Å². The molecule has 1 heterocycles. The Labute approximate surface area is 281 Å². The molecule has 18 nitrogen and oxygen atoms in total. The van der Waals surface area contributed by atoms with Crippen molar-refractivity contribution in [2.45, 2.75) is 0 Å². The second kappa shape index (κ2) is 11.2. The number of hydrogen-bond acceptors (Lipinski definition) is 18. The van der Waals surface area contributed by atoms with Gasteiger partial charge in [-0.1, -0.05) is 48.5 Å². The highest BCUT2D eigenvalue weighted by Crippen LogP contribution is 2.55. The van der Waals surface area contributed by atoms with E-state index < -0.39 is 64.6 Å². The fourth-order valence-electron chi connectivity index (χ4n) is 5.87. The fourth-order valence-corrected chi connectivity index (χ4v) is 7.39. The first-order chi connectivity index (χ1) is 23.3. The topological polar surface area (TPSA) is 290 Å². The summed E-state index contributed by atoms with van der Waals surface area (Å²) in [6.45, 7) is 0. The lowest BCUT2D eigenvalue weighted by molar-refractivity contribution is 0.371. The lowest BCUT2D eigenvalue weighted by atomic mass is 9.95. The van der Waals surface area contributed by atoms with Crippen molar-refractivity contribution in [3.05, 3.63) is 72.8 Å². The Bertz CT molecular complexity index is 2730. The van der Waals surface area contributed by atoms with Gasteiger partial charge in [0, 0.05) is 32.3 Å². The predicted octanol–water partition coefficient (Wildman–Crippen LogP) is 3.46. The smallest absolute Gasteiger partial charge is 0.262 e. The predicted molar refractivity (Wildman–Crippen MR) is 171 cm³/mol. The van der Waals surface area contributed by atoms with E-state index in [1.807, 2.05) is 0 Å². The van der Waals surface area contributed by atoms with E-state index in [0.29, 0.717) is 0 Å². The number of rotatable bonds is 8. The van der Waals surface area contributed by atoms with E-state index in [-0.39, 0.29) is 65.8 Å². The molecule has 22 heteroatoms. The maximum atomic E-state index is 11.9. The fraction of sp³-hybridized carbons (Fsp3) is 0. The molecule has 0 saturated carbocycles. The molecule has 0 spiro atoms. The molecular formula is C28H14N2O16S4-4. The molecule has 0 saturated heterocycles. The van der Waals surface area contributed by atoms with Crippen LogP contribution in [0.5, 0.6) is 23.0 Å². The Morgan fingerprint density at radius 3 is 0.960 bits per heavy atom. The van der Waals surface area contributed by atoms with Gasteiger partial charge < -0.3 is 45.6 Å². The molecule has 0 fully saturated rings. The highest BCUT2D eigenvalue weighted by atomic mass is 32.3. The first kappa shape index (κ1) is 33.3. The lowest BCUT2D eigenvalue weighted by Crippen LogP contribution is -2.14. The minimum atomic E-state index is -5.50. The molecule has 0 amide bonds. The van der Waals surface area contributed by atoms with Crippen molar-refractivity contribution in [2.24, 2.45) is 0 Å². The summed E-state index contributed by atoms with van der Waals surface area (Å²) in [6, 6.07) is 15.6. The van der Waals surface area contributed by atoms with E-state index in [2.05, 4.69) is 10.6 Å². The average Bonchev–Trinajstić information content (AvgIpc) is 3.00. The average molecular weight is 763 g/mol. The van der Waals surface area contributed by atoms with Gasteiger partial charge in [-0.25, -0.2) is 33.7 Å². The zero-order valence-corrected chi connectivity index (χ0v) is 27.4. The van der Waals surface area contributed by atoms with Crippen molar-refractivity contribution in [1.29, 1.82) is 0 Å². The summed E-state index contributed by atoms with van der Waals surface area (Å²) in [4.78, 5) is 0. The standard InChI is InChI=1S/C28H18N2O16S4/c31-47(32,33)43-25-13-5-1-3-7-15(13)27(45-49(37,38)39)21-17(25)9-11-19-23(21)29-20-12-10-18-22(24(20)30-19)28(46-50(40,41)42)16-8-4-2-6-14(16)26(18)44-48(34,35)36/h1-12,29-30H,(H,31,32,33)(H,34,35,36)(H,37,38,39)(H,40,41,42)/p-4. The first-order valence-electron chi connectivity index (χ1n) is 13.5. The minimum Gasteiger partial charge on any atom is -0.716 e. The van der Waals surface area contributed by atoms with Gasteiger partial charge in [0.1, 0.15) is 0 Å². The lowest BCUT2D eigenvalue weighted by Gasteiger charge is -2.29. The summed E-state index contributed by atoms with van der Waals surface area (Å²) >= 11 is 0. The summed E-state index contributed by atoms with van der Waals surface area (Å²) in [5, 5.41) is 4.29.